The maximum Gasteiger partial charge on any atom is 0.0105 e. The molecule has 0 bridgehead atoms. The van der Waals surface area contributed by atoms with Gasteiger partial charge in [-0.05, 0) is 29.9 Å². The topological polar surface area (TPSA) is 0 Å². The Morgan fingerprint density at radius 1 is 1.31 bits per heavy atom. The van der Waals surface area contributed by atoms with E-state index in [9.17, 15) is 0 Å². The summed E-state index contributed by atoms with van der Waals surface area (Å²) in [6, 6.07) is 8.93. The van der Waals surface area contributed by atoms with Crippen molar-refractivity contribution in [1.82, 2.24) is 0 Å². The van der Waals surface area contributed by atoms with Crippen molar-refractivity contribution in [2.24, 2.45) is 5.41 Å². The van der Waals surface area contributed by atoms with Gasteiger partial charge in [-0.15, -0.1) is 0 Å². The fourth-order valence-corrected chi connectivity index (χ4v) is 2.89. The van der Waals surface area contributed by atoms with Crippen LogP contribution in [0.4, 0.5) is 0 Å². The van der Waals surface area contributed by atoms with Crippen LogP contribution in [0.3, 0.4) is 0 Å². The summed E-state index contributed by atoms with van der Waals surface area (Å²) in [7, 11) is 0. The van der Waals surface area contributed by atoms with Gasteiger partial charge in [-0.25, -0.2) is 0 Å². The van der Waals surface area contributed by atoms with Crippen molar-refractivity contribution in [3.8, 4) is 0 Å². The van der Waals surface area contributed by atoms with Crippen LogP contribution < -0.4 is 0 Å². The van der Waals surface area contributed by atoms with Gasteiger partial charge in [-0.1, -0.05) is 63.1 Å². The Labute approximate surface area is 99.4 Å². The lowest BCUT2D eigenvalue weighted by atomic mass is 9.72. The standard InChI is InChI=1S/C16H22/c1-5-12-11-13-9-7-8-10-14(13)15(12)16(3,4)6-2/h5,7-10,15H,6,11H2,1-4H3/b12-5-. The minimum absolute atomic E-state index is 0.369. The lowest BCUT2D eigenvalue weighted by Gasteiger charge is -2.32. The number of rotatable bonds is 2. The molecule has 0 N–H and O–H groups in total. The lowest BCUT2D eigenvalue weighted by molar-refractivity contribution is 0.305. The van der Waals surface area contributed by atoms with E-state index < -0.39 is 0 Å². The molecule has 0 radical (unpaired) electrons. The molecular formula is C16H22. The molecule has 1 atom stereocenters. The number of benzene rings is 1. The largest absolute Gasteiger partial charge is 0.0875 e. The van der Waals surface area contributed by atoms with E-state index in [1.165, 1.54) is 12.0 Å². The van der Waals surface area contributed by atoms with Crippen molar-refractivity contribution in [3.63, 3.8) is 0 Å². The molecule has 86 valence electrons. The van der Waals surface area contributed by atoms with Gasteiger partial charge in [-0.3, -0.25) is 0 Å². The van der Waals surface area contributed by atoms with E-state index in [0.29, 0.717) is 11.3 Å². The Kier molecular flexibility index (Phi) is 2.92. The molecule has 0 spiro atoms. The van der Waals surface area contributed by atoms with E-state index in [-0.39, 0.29) is 0 Å². The minimum atomic E-state index is 0.369. The predicted molar refractivity (Wildman–Crippen MR) is 70.7 cm³/mol. The molecule has 1 aliphatic rings. The molecule has 1 aliphatic carbocycles. The third-order valence-electron chi connectivity index (χ3n) is 4.19. The molecule has 1 unspecified atom stereocenters. The molecule has 0 amide bonds. The normalized spacial score (nSPS) is 22.5. The van der Waals surface area contributed by atoms with Crippen LogP contribution in [0.2, 0.25) is 0 Å². The van der Waals surface area contributed by atoms with E-state index >= 15 is 0 Å². The number of hydrogen-bond acceptors (Lipinski definition) is 0. The zero-order valence-electron chi connectivity index (χ0n) is 10.9. The van der Waals surface area contributed by atoms with Crippen molar-refractivity contribution < 1.29 is 0 Å². The first-order chi connectivity index (χ1) is 7.60. The highest BCUT2D eigenvalue weighted by Crippen LogP contribution is 2.49. The van der Waals surface area contributed by atoms with Crippen molar-refractivity contribution in [3.05, 3.63) is 47.0 Å². The minimum Gasteiger partial charge on any atom is -0.0875 e. The van der Waals surface area contributed by atoms with Gasteiger partial charge in [0.05, 0.1) is 0 Å². The molecule has 1 aromatic rings. The predicted octanol–water partition coefficient (Wildman–Crippen LogP) is 4.71. The van der Waals surface area contributed by atoms with Gasteiger partial charge in [0.25, 0.3) is 0 Å². The Hall–Kier alpha value is -1.04. The van der Waals surface area contributed by atoms with Crippen molar-refractivity contribution >= 4 is 0 Å². The van der Waals surface area contributed by atoms with E-state index in [0.717, 1.165) is 6.42 Å². The molecule has 1 aromatic carbocycles. The molecule has 2 rings (SSSR count). The molecule has 0 aromatic heterocycles. The molecule has 0 saturated heterocycles. The number of fused-ring (bicyclic) bond motifs is 1. The summed E-state index contributed by atoms with van der Waals surface area (Å²) < 4.78 is 0. The Morgan fingerprint density at radius 3 is 2.62 bits per heavy atom. The quantitative estimate of drug-likeness (QED) is 0.625. The second-order valence-electron chi connectivity index (χ2n) is 5.51. The number of hydrogen-bond donors (Lipinski definition) is 0. The Balaban J connectivity index is 2.50. The van der Waals surface area contributed by atoms with Gasteiger partial charge in [0.1, 0.15) is 0 Å². The van der Waals surface area contributed by atoms with Crippen LogP contribution in [0.1, 0.15) is 51.2 Å². The Bertz CT molecular complexity index is 410. The highest BCUT2D eigenvalue weighted by atomic mass is 14.4. The van der Waals surface area contributed by atoms with Gasteiger partial charge < -0.3 is 0 Å². The maximum absolute atomic E-state index is 2.39. The van der Waals surface area contributed by atoms with Gasteiger partial charge in [0, 0.05) is 5.92 Å². The molecular weight excluding hydrogens is 192 g/mol. The fourth-order valence-electron chi connectivity index (χ4n) is 2.89. The maximum atomic E-state index is 2.39. The summed E-state index contributed by atoms with van der Waals surface area (Å²) in [5, 5.41) is 0. The zero-order valence-corrected chi connectivity index (χ0v) is 10.9. The number of allylic oxidation sites excluding steroid dienone is 2. The van der Waals surface area contributed by atoms with E-state index in [1.807, 2.05) is 0 Å². The average Bonchev–Trinajstić information content (AvgIpc) is 2.67. The highest BCUT2D eigenvalue weighted by molar-refractivity contribution is 5.47. The first-order valence-electron chi connectivity index (χ1n) is 6.33. The SMILES string of the molecule is C/C=C1/Cc2ccccc2C1C(C)(C)CC. The van der Waals surface area contributed by atoms with Crippen LogP contribution in [-0.2, 0) is 6.42 Å². The van der Waals surface area contributed by atoms with E-state index in [4.69, 9.17) is 0 Å². The molecule has 0 heteroatoms. The molecule has 0 nitrogen and oxygen atoms in total. The van der Waals surface area contributed by atoms with E-state index in [1.54, 1.807) is 11.1 Å². The van der Waals surface area contributed by atoms with Crippen molar-refractivity contribution in [2.45, 2.75) is 46.5 Å². The van der Waals surface area contributed by atoms with Crippen molar-refractivity contribution in [2.75, 3.05) is 0 Å². The van der Waals surface area contributed by atoms with Crippen LogP contribution in [0.15, 0.2) is 35.9 Å². The average molecular weight is 214 g/mol. The summed E-state index contributed by atoms with van der Waals surface area (Å²) in [6.07, 6.45) is 4.70. The van der Waals surface area contributed by atoms with Crippen LogP contribution in [0.5, 0.6) is 0 Å². The first-order valence-corrected chi connectivity index (χ1v) is 6.33. The summed E-state index contributed by atoms with van der Waals surface area (Å²) in [6.45, 7) is 9.26. The second kappa shape index (κ2) is 4.08. The van der Waals surface area contributed by atoms with Crippen LogP contribution in [-0.4, -0.2) is 0 Å². The second-order valence-corrected chi connectivity index (χ2v) is 5.51. The highest BCUT2D eigenvalue weighted by Gasteiger charge is 2.36. The first kappa shape index (κ1) is 11.4. The van der Waals surface area contributed by atoms with Gasteiger partial charge in [0.2, 0.25) is 0 Å². The summed E-state index contributed by atoms with van der Waals surface area (Å²) in [4.78, 5) is 0. The summed E-state index contributed by atoms with van der Waals surface area (Å²) >= 11 is 0. The lowest BCUT2D eigenvalue weighted by Crippen LogP contribution is -2.20. The van der Waals surface area contributed by atoms with Crippen LogP contribution in [0, 0.1) is 5.41 Å². The van der Waals surface area contributed by atoms with Gasteiger partial charge in [-0.2, -0.15) is 0 Å². The summed E-state index contributed by atoms with van der Waals surface area (Å²) in [5.41, 5.74) is 5.06. The van der Waals surface area contributed by atoms with Crippen LogP contribution in [0.25, 0.3) is 0 Å². The summed E-state index contributed by atoms with van der Waals surface area (Å²) in [5.74, 6) is 0.624. The third kappa shape index (κ3) is 1.71. The molecule has 0 aliphatic heterocycles. The molecule has 0 heterocycles. The van der Waals surface area contributed by atoms with Crippen molar-refractivity contribution in [1.29, 1.82) is 0 Å². The zero-order chi connectivity index (χ0) is 11.8. The third-order valence-corrected chi connectivity index (χ3v) is 4.19. The molecule has 16 heavy (non-hydrogen) atoms. The monoisotopic (exact) mass is 214 g/mol. The van der Waals surface area contributed by atoms with Gasteiger partial charge >= 0.3 is 0 Å². The molecule has 0 fully saturated rings. The van der Waals surface area contributed by atoms with Crippen LogP contribution >= 0.6 is 0 Å². The Morgan fingerprint density at radius 2 is 2.00 bits per heavy atom. The smallest absolute Gasteiger partial charge is 0.0105 e. The molecule has 0 saturated carbocycles. The van der Waals surface area contributed by atoms with E-state index in [2.05, 4.69) is 58.0 Å². The van der Waals surface area contributed by atoms with Gasteiger partial charge in [0.15, 0.2) is 0 Å². The fraction of sp³-hybridized carbons (Fsp3) is 0.500.